The van der Waals surface area contributed by atoms with Gasteiger partial charge in [0.2, 0.25) is 0 Å². The molecule has 0 aliphatic heterocycles. The molecule has 1 N–H and O–H groups in total. The van der Waals surface area contributed by atoms with Crippen molar-refractivity contribution in [3.05, 3.63) is 52.1 Å². The molecule has 0 bridgehead atoms. The van der Waals surface area contributed by atoms with Crippen molar-refractivity contribution < 1.29 is 14.8 Å². The lowest BCUT2D eigenvalue weighted by molar-refractivity contribution is -0.384. The molecule has 25 heavy (non-hydrogen) atoms. The van der Waals surface area contributed by atoms with Gasteiger partial charge >= 0.3 is 0 Å². The third-order valence-electron chi connectivity index (χ3n) is 3.86. The minimum absolute atomic E-state index is 0.0750. The van der Waals surface area contributed by atoms with Crippen LogP contribution in [0.1, 0.15) is 19.4 Å². The van der Waals surface area contributed by atoms with Crippen LogP contribution in [0.5, 0.6) is 11.5 Å². The second-order valence-electron chi connectivity index (χ2n) is 5.29. The number of aromatic hydroxyl groups is 1. The Morgan fingerprint density at radius 3 is 2.52 bits per heavy atom. The quantitative estimate of drug-likeness (QED) is 0.468. The standard InChI is InChI=1S/C18H21N3O4/c1-4-20(5-2)14-7-6-13(17(22)11-14)12-19-16-10-15(21(23)24)8-9-18(16)25-3/h6-12,22H,4-5H2,1-3H3. The highest BCUT2D eigenvalue weighted by molar-refractivity contribution is 5.87. The van der Waals surface area contributed by atoms with E-state index in [-0.39, 0.29) is 11.4 Å². The highest BCUT2D eigenvalue weighted by Crippen LogP contribution is 2.32. The molecule has 0 amide bonds. The van der Waals surface area contributed by atoms with Crippen LogP contribution < -0.4 is 9.64 Å². The lowest BCUT2D eigenvalue weighted by Gasteiger charge is -2.21. The number of phenolic OH excluding ortho intramolecular Hbond substituents is 1. The van der Waals surface area contributed by atoms with Crippen molar-refractivity contribution in [3.63, 3.8) is 0 Å². The molecule has 0 spiro atoms. The Morgan fingerprint density at radius 2 is 1.96 bits per heavy atom. The molecule has 0 aromatic heterocycles. The van der Waals surface area contributed by atoms with E-state index < -0.39 is 4.92 Å². The number of non-ortho nitro benzene ring substituents is 1. The zero-order valence-electron chi connectivity index (χ0n) is 14.5. The summed E-state index contributed by atoms with van der Waals surface area (Å²) in [5, 5.41) is 21.1. The molecule has 0 saturated heterocycles. The Hall–Kier alpha value is -3.09. The summed E-state index contributed by atoms with van der Waals surface area (Å²) in [5.41, 5.74) is 1.69. The van der Waals surface area contributed by atoms with Gasteiger partial charge in [0.25, 0.3) is 5.69 Å². The molecule has 132 valence electrons. The predicted octanol–water partition coefficient (Wildman–Crippen LogP) is 3.91. The number of nitro benzene ring substituents is 1. The summed E-state index contributed by atoms with van der Waals surface area (Å²) < 4.78 is 5.17. The average molecular weight is 343 g/mol. The van der Waals surface area contributed by atoms with Gasteiger partial charge in [-0.3, -0.25) is 15.1 Å². The third-order valence-corrected chi connectivity index (χ3v) is 3.86. The van der Waals surface area contributed by atoms with Crippen molar-refractivity contribution in [2.24, 2.45) is 4.99 Å². The Balaban J connectivity index is 2.33. The number of nitrogens with zero attached hydrogens (tertiary/aromatic N) is 3. The van der Waals surface area contributed by atoms with Crippen LogP contribution >= 0.6 is 0 Å². The molecule has 0 saturated carbocycles. The van der Waals surface area contributed by atoms with Gasteiger partial charge < -0.3 is 14.7 Å². The summed E-state index contributed by atoms with van der Waals surface area (Å²) in [6.45, 7) is 5.78. The molecule has 2 aromatic rings. The minimum Gasteiger partial charge on any atom is -0.507 e. The zero-order valence-corrected chi connectivity index (χ0v) is 14.5. The second kappa shape index (κ2) is 8.14. The fourth-order valence-electron chi connectivity index (χ4n) is 2.46. The van der Waals surface area contributed by atoms with Crippen molar-refractivity contribution in [1.82, 2.24) is 0 Å². The van der Waals surface area contributed by atoms with Crippen LogP contribution in [0.2, 0.25) is 0 Å². The van der Waals surface area contributed by atoms with Gasteiger partial charge in [0.1, 0.15) is 17.2 Å². The maximum atomic E-state index is 10.9. The van der Waals surface area contributed by atoms with Crippen LogP contribution in [0.15, 0.2) is 41.4 Å². The average Bonchev–Trinajstić information content (AvgIpc) is 2.61. The smallest absolute Gasteiger partial charge is 0.271 e. The number of anilines is 1. The van der Waals surface area contributed by atoms with E-state index in [2.05, 4.69) is 9.89 Å². The van der Waals surface area contributed by atoms with Crippen LogP contribution in [0.25, 0.3) is 0 Å². The van der Waals surface area contributed by atoms with Gasteiger partial charge in [-0.1, -0.05) is 0 Å². The third kappa shape index (κ3) is 4.26. The Morgan fingerprint density at radius 1 is 1.24 bits per heavy atom. The number of hydrogen-bond donors (Lipinski definition) is 1. The highest BCUT2D eigenvalue weighted by atomic mass is 16.6. The first-order chi connectivity index (χ1) is 12.0. The van der Waals surface area contributed by atoms with E-state index in [1.807, 2.05) is 19.9 Å². The molecule has 0 atom stereocenters. The Labute approximate surface area is 146 Å². The van der Waals surface area contributed by atoms with Crippen LogP contribution in [0.4, 0.5) is 17.1 Å². The van der Waals surface area contributed by atoms with Gasteiger partial charge in [0.15, 0.2) is 0 Å². The number of aliphatic imine (C=N–C) groups is 1. The molecular weight excluding hydrogens is 322 g/mol. The van der Waals surface area contributed by atoms with Gasteiger partial charge in [-0.05, 0) is 32.0 Å². The van der Waals surface area contributed by atoms with Gasteiger partial charge in [0, 0.05) is 48.8 Å². The number of phenols is 1. The SMILES string of the molecule is CCN(CC)c1ccc(C=Nc2cc([N+](=O)[O-])ccc2OC)c(O)c1. The summed E-state index contributed by atoms with van der Waals surface area (Å²) >= 11 is 0. The van der Waals surface area contributed by atoms with Gasteiger partial charge in [0.05, 0.1) is 12.0 Å². The molecule has 2 aromatic carbocycles. The topological polar surface area (TPSA) is 88.2 Å². The summed E-state index contributed by atoms with van der Waals surface area (Å²) in [5.74, 6) is 0.513. The molecule has 0 heterocycles. The normalized spacial score (nSPS) is 10.8. The van der Waals surface area contributed by atoms with E-state index in [4.69, 9.17) is 4.74 Å². The van der Waals surface area contributed by atoms with Gasteiger partial charge in [-0.25, -0.2) is 0 Å². The number of benzene rings is 2. The van der Waals surface area contributed by atoms with E-state index in [1.165, 1.54) is 31.5 Å². The monoisotopic (exact) mass is 343 g/mol. The molecule has 0 radical (unpaired) electrons. The first kappa shape index (κ1) is 18.3. The maximum absolute atomic E-state index is 10.9. The predicted molar refractivity (Wildman–Crippen MR) is 98.6 cm³/mol. The molecule has 0 fully saturated rings. The largest absolute Gasteiger partial charge is 0.507 e. The van der Waals surface area contributed by atoms with E-state index in [9.17, 15) is 15.2 Å². The molecule has 0 aliphatic rings. The Bertz CT molecular complexity index is 786. The van der Waals surface area contributed by atoms with Crippen LogP contribution in [-0.4, -0.2) is 36.4 Å². The van der Waals surface area contributed by atoms with E-state index >= 15 is 0 Å². The van der Waals surface area contributed by atoms with Crippen LogP contribution in [0.3, 0.4) is 0 Å². The highest BCUT2D eigenvalue weighted by Gasteiger charge is 2.11. The van der Waals surface area contributed by atoms with Crippen molar-refractivity contribution in [3.8, 4) is 11.5 Å². The van der Waals surface area contributed by atoms with Crippen molar-refractivity contribution in [2.45, 2.75) is 13.8 Å². The second-order valence-corrected chi connectivity index (χ2v) is 5.29. The summed E-state index contributed by atoms with van der Waals surface area (Å²) in [6.07, 6.45) is 1.46. The molecule has 0 aliphatic carbocycles. The number of methoxy groups -OCH3 is 1. The summed E-state index contributed by atoms with van der Waals surface area (Å²) in [4.78, 5) is 16.8. The van der Waals surface area contributed by atoms with Crippen molar-refractivity contribution in [1.29, 1.82) is 0 Å². The summed E-state index contributed by atoms with van der Waals surface area (Å²) in [7, 11) is 1.47. The van der Waals surface area contributed by atoms with Crippen molar-refractivity contribution in [2.75, 3.05) is 25.1 Å². The van der Waals surface area contributed by atoms with Crippen LogP contribution in [-0.2, 0) is 0 Å². The molecule has 7 nitrogen and oxygen atoms in total. The van der Waals surface area contributed by atoms with Crippen LogP contribution in [0, 0.1) is 10.1 Å². The molecular formula is C18H21N3O4. The van der Waals surface area contributed by atoms with Gasteiger partial charge in [-0.15, -0.1) is 0 Å². The number of hydrogen-bond acceptors (Lipinski definition) is 6. The molecule has 7 heteroatoms. The lowest BCUT2D eigenvalue weighted by Crippen LogP contribution is -2.21. The van der Waals surface area contributed by atoms with E-state index in [1.54, 1.807) is 12.1 Å². The maximum Gasteiger partial charge on any atom is 0.271 e. The number of rotatable bonds is 7. The van der Waals surface area contributed by atoms with E-state index in [0.717, 1.165) is 18.8 Å². The van der Waals surface area contributed by atoms with Gasteiger partial charge in [-0.2, -0.15) is 0 Å². The number of nitro groups is 1. The fourth-order valence-corrected chi connectivity index (χ4v) is 2.46. The van der Waals surface area contributed by atoms with Crippen molar-refractivity contribution >= 4 is 23.3 Å². The first-order valence-electron chi connectivity index (χ1n) is 7.94. The first-order valence-corrected chi connectivity index (χ1v) is 7.94. The lowest BCUT2D eigenvalue weighted by atomic mass is 10.1. The zero-order chi connectivity index (χ0) is 18.4. The van der Waals surface area contributed by atoms with E-state index in [0.29, 0.717) is 17.0 Å². The molecule has 0 unspecified atom stereocenters. The minimum atomic E-state index is -0.491. The summed E-state index contributed by atoms with van der Waals surface area (Å²) in [6, 6.07) is 9.52. The fraction of sp³-hybridized carbons (Fsp3) is 0.278. The number of ether oxygens (including phenoxy) is 1. The molecule has 2 rings (SSSR count). The Kier molecular flexibility index (Phi) is 5.94.